The van der Waals surface area contributed by atoms with Gasteiger partial charge in [0.1, 0.15) is 12.2 Å². The fourth-order valence-electron chi connectivity index (χ4n) is 3.07. The van der Waals surface area contributed by atoms with Crippen LogP contribution in [0.25, 0.3) is 0 Å². The number of carbonyl (C=O) groups excluding carboxylic acids is 3. The lowest BCUT2D eigenvalue weighted by Gasteiger charge is -2.21. The number of ether oxygens (including phenoxy) is 2. The van der Waals surface area contributed by atoms with E-state index in [4.69, 9.17) is 9.47 Å². The highest BCUT2D eigenvalue weighted by molar-refractivity contribution is 5.78. The van der Waals surface area contributed by atoms with Crippen LogP contribution < -0.4 is 10.6 Å². The summed E-state index contributed by atoms with van der Waals surface area (Å²) in [6.07, 6.45) is 2.64. The largest absolute Gasteiger partial charge is 0.445 e. The molecule has 3 amide bonds. The fraction of sp³-hybridized carbons (Fsp3) is 0.640. The molecule has 0 aliphatic heterocycles. The van der Waals surface area contributed by atoms with E-state index in [1.807, 2.05) is 65.0 Å². The third kappa shape index (κ3) is 13.4. The number of hydrogen-bond acceptors (Lipinski definition) is 5. The summed E-state index contributed by atoms with van der Waals surface area (Å²) >= 11 is 0. The molecule has 0 aromatic heterocycles. The number of nitrogens with one attached hydrogen (secondary N) is 2. The first kappa shape index (κ1) is 28.3. The molecule has 1 aromatic rings. The molecular weight excluding hydrogens is 422 g/mol. The molecule has 0 heterocycles. The fourth-order valence-corrected chi connectivity index (χ4v) is 3.07. The van der Waals surface area contributed by atoms with Gasteiger partial charge < -0.3 is 25.0 Å². The van der Waals surface area contributed by atoms with Gasteiger partial charge in [-0.05, 0) is 46.1 Å². The minimum atomic E-state index is -0.497. The average molecular weight is 464 g/mol. The Kier molecular flexibility index (Phi) is 13.0. The zero-order valence-electron chi connectivity index (χ0n) is 20.8. The second kappa shape index (κ2) is 15.1. The van der Waals surface area contributed by atoms with E-state index in [1.54, 1.807) is 4.90 Å². The highest BCUT2D eigenvalue weighted by atomic mass is 16.6. The van der Waals surface area contributed by atoms with Gasteiger partial charge in [0.05, 0.1) is 0 Å². The summed E-state index contributed by atoms with van der Waals surface area (Å²) in [6.45, 7) is 11.4. The summed E-state index contributed by atoms with van der Waals surface area (Å²) < 4.78 is 10.5. The Morgan fingerprint density at radius 2 is 1.70 bits per heavy atom. The van der Waals surface area contributed by atoms with Crippen molar-refractivity contribution in [3.8, 4) is 0 Å². The molecule has 0 aliphatic rings. The topological polar surface area (TPSA) is 97.0 Å². The zero-order chi connectivity index (χ0) is 24.7. The predicted octanol–water partition coefficient (Wildman–Crippen LogP) is 4.48. The number of carbonyl (C=O) groups is 3. The highest BCUT2D eigenvalue weighted by Crippen LogP contribution is 2.10. The molecule has 2 N–H and O–H groups in total. The predicted molar refractivity (Wildman–Crippen MR) is 129 cm³/mol. The maximum absolute atomic E-state index is 12.3. The van der Waals surface area contributed by atoms with Crippen LogP contribution in [0.2, 0.25) is 0 Å². The smallest absolute Gasteiger partial charge is 0.410 e. The van der Waals surface area contributed by atoms with E-state index in [-0.39, 0.29) is 24.5 Å². The lowest BCUT2D eigenvalue weighted by molar-refractivity contribution is -0.124. The molecule has 1 atom stereocenters. The molecule has 0 fully saturated rings. The van der Waals surface area contributed by atoms with Gasteiger partial charge in [0.15, 0.2) is 0 Å². The second-order valence-electron chi connectivity index (χ2n) is 9.09. The van der Waals surface area contributed by atoms with Crippen molar-refractivity contribution in [1.82, 2.24) is 15.5 Å². The average Bonchev–Trinajstić information content (AvgIpc) is 2.76. The summed E-state index contributed by atoms with van der Waals surface area (Å²) in [5.74, 6) is -0.125. The Morgan fingerprint density at radius 1 is 1.00 bits per heavy atom. The van der Waals surface area contributed by atoms with E-state index in [0.717, 1.165) is 31.2 Å². The Balaban J connectivity index is 2.15. The van der Waals surface area contributed by atoms with E-state index < -0.39 is 11.7 Å². The standard InChI is InChI=1S/C25H41N3O5/c1-6-28(24(31)32-19-21-14-10-7-11-15-21)18-17-26-22(29)20(2)13-9-8-12-16-27-23(30)33-25(3,4)5/h7,10-11,14-15,20H,6,8-9,12-13,16-19H2,1-5H3,(H,26,29)(H,27,30)/t20-/m1/s1. The quantitative estimate of drug-likeness (QED) is 0.420. The van der Waals surface area contributed by atoms with E-state index in [2.05, 4.69) is 10.6 Å². The monoisotopic (exact) mass is 463 g/mol. The van der Waals surface area contributed by atoms with Crippen LogP contribution in [-0.2, 0) is 20.9 Å². The van der Waals surface area contributed by atoms with Gasteiger partial charge in [-0.25, -0.2) is 9.59 Å². The second-order valence-corrected chi connectivity index (χ2v) is 9.09. The third-order valence-electron chi connectivity index (χ3n) is 4.96. The van der Waals surface area contributed by atoms with Crippen LogP contribution >= 0.6 is 0 Å². The van der Waals surface area contributed by atoms with Crippen molar-refractivity contribution in [2.75, 3.05) is 26.2 Å². The molecule has 0 unspecified atom stereocenters. The lowest BCUT2D eigenvalue weighted by atomic mass is 10.0. The summed E-state index contributed by atoms with van der Waals surface area (Å²) in [5.41, 5.74) is 0.438. The van der Waals surface area contributed by atoms with Crippen LogP contribution in [0.1, 0.15) is 65.9 Å². The van der Waals surface area contributed by atoms with Gasteiger partial charge in [-0.15, -0.1) is 0 Å². The van der Waals surface area contributed by atoms with E-state index in [9.17, 15) is 14.4 Å². The van der Waals surface area contributed by atoms with Crippen molar-refractivity contribution in [1.29, 1.82) is 0 Å². The molecule has 186 valence electrons. The summed E-state index contributed by atoms with van der Waals surface area (Å²) in [4.78, 5) is 37.7. The Labute approximate surface area is 198 Å². The van der Waals surface area contributed by atoms with Gasteiger partial charge in [0, 0.05) is 32.1 Å². The molecule has 8 heteroatoms. The summed E-state index contributed by atoms with van der Waals surface area (Å²) in [6, 6.07) is 9.53. The van der Waals surface area contributed by atoms with Crippen LogP contribution in [0, 0.1) is 5.92 Å². The molecule has 0 radical (unpaired) electrons. The molecule has 1 aromatic carbocycles. The third-order valence-corrected chi connectivity index (χ3v) is 4.96. The van der Waals surface area contributed by atoms with Gasteiger partial charge in [-0.2, -0.15) is 0 Å². The van der Waals surface area contributed by atoms with E-state index in [0.29, 0.717) is 26.2 Å². The van der Waals surface area contributed by atoms with Crippen LogP contribution in [0.15, 0.2) is 30.3 Å². The number of amides is 3. The zero-order valence-corrected chi connectivity index (χ0v) is 20.8. The van der Waals surface area contributed by atoms with Crippen molar-refractivity contribution in [2.45, 2.75) is 72.5 Å². The van der Waals surface area contributed by atoms with Gasteiger partial charge in [0.25, 0.3) is 0 Å². The minimum Gasteiger partial charge on any atom is -0.445 e. The van der Waals surface area contributed by atoms with Crippen LogP contribution in [0.3, 0.4) is 0 Å². The SMILES string of the molecule is CCN(CCNC(=O)[C@H](C)CCCCCNC(=O)OC(C)(C)C)C(=O)OCc1ccccc1. The van der Waals surface area contributed by atoms with Crippen molar-refractivity contribution < 1.29 is 23.9 Å². The first-order valence-corrected chi connectivity index (χ1v) is 11.8. The number of benzene rings is 1. The molecule has 0 spiro atoms. The number of alkyl carbamates (subject to hydrolysis) is 1. The number of hydrogen-bond donors (Lipinski definition) is 2. The minimum absolute atomic E-state index is 0.0180. The maximum atomic E-state index is 12.3. The van der Waals surface area contributed by atoms with Crippen molar-refractivity contribution in [3.63, 3.8) is 0 Å². The number of likely N-dealkylation sites (N-methyl/N-ethyl adjacent to an activating group) is 1. The van der Waals surface area contributed by atoms with Crippen LogP contribution in [0.4, 0.5) is 9.59 Å². The Hall–Kier alpha value is -2.77. The van der Waals surface area contributed by atoms with Crippen molar-refractivity contribution >= 4 is 18.1 Å². The van der Waals surface area contributed by atoms with E-state index in [1.165, 1.54) is 0 Å². The van der Waals surface area contributed by atoms with Crippen LogP contribution in [0.5, 0.6) is 0 Å². The van der Waals surface area contributed by atoms with Gasteiger partial charge in [-0.1, -0.05) is 50.1 Å². The number of rotatable bonds is 13. The molecule has 33 heavy (non-hydrogen) atoms. The van der Waals surface area contributed by atoms with Crippen LogP contribution in [-0.4, -0.2) is 54.8 Å². The normalized spacial score (nSPS) is 11.9. The molecule has 1 rings (SSSR count). The molecule has 8 nitrogen and oxygen atoms in total. The Morgan fingerprint density at radius 3 is 2.33 bits per heavy atom. The van der Waals surface area contributed by atoms with Gasteiger partial charge in [-0.3, -0.25) is 4.79 Å². The molecule has 0 saturated carbocycles. The van der Waals surface area contributed by atoms with Gasteiger partial charge >= 0.3 is 12.2 Å². The highest BCUT2D eigenvalue weighted by Gasteiger charge is 2.17. The summed E-state index contributed by atoms with van der Waals surface area (Å²) in [5, 5.41) is 5.64. The molecular formula is C25H41N3O5. The van der Waals surface area contributed by atoms with Crippen molar-refractivity contribution in [3.05, 3.63) is 35.9 Å². The van der Waals surface area contributed by atoms with E-state index >= 15 is 0 Å². The number of nitrogens with zero attached hydrogens (tertiary/aromatic N) is 1. The molecule has 0 saturated heterocycles. The lowest BCUT2D eigenvalue weighted by Crippen LogP contribution is -2.40. The van der Waals surface area contributed by atoms with Crippen molar-refractivity contribution in [2.24, 2.45) is 5.92 Å². The van der Waals surface area contributed by atoms with Gasteiger partial charge in [0.2, 0.25) is 5.91 Å². The first-order chi connectivity index (χ1) is 15.6. The Bertz CT molecular complexity index is 719. The maximum Gasteiger partial charge on any atom is 0.410 e. The summed E-state index contributed by atoms with van der Waals surface area (Å²) in [7, 11) is 0. The molecule has 0 bridgehead atoms. The number of unbranched alkanes of at least 4 members (excludes halogenated alkanes) is 2. The molecule has 0 aliphatic carbocycles. The first-order valence-electron chi connectivity index (χ1n) is 11.8.